The van der Waals surface area contributed by atoms with Crippen LogP contribution in [0.15, 0.2) is 71.1 Å². The fourth-order valence-electron chi connectivity index (χ4n) is 2.94. The fraction of sp³-hybridized carbons (Fsp3) is 0.286. The maximum atomic E-state index is 12.4. The normalized spacial score (nSPS) is 14.8. The number of hydrogen-bond donors (Lipinski definition) is 1. The summed E-state index contributed by atoms with van der Waals surface area (Å²) < 4.78 is 0. The van der Waals surface area contributed by atoms with Crippen molar-refractivity contribution in [1.82, 2.24) is 10.2 Å². The molecule has 25 heavy (non-hydrogen) atoms. The summed E-state index contributed by atoms with van der Waals surface area (Å²) in [5.74, 6) is 0.0632. The molecule has 0 unspecified atom stereocenters. The number of thioether (sulfide) groups is 1. The minimum absolute atomic E-state index is 0.0632. The van der Waals surface area contributed by atoms with Crippen molar-refractivity contribution < 1.29 is 4.79 Å². The third-order valence-corrected chi connectivity index (χ3v) is 5.19. The molecule has 1 aliphatic heterocycles. The van der Waals surface area contributed by atoms with Crippen LogP contribution in [0.2, 0.25) is 0 Å². The standard InChI is InChI=1S/C21H24N2OS/c1-25-20-9-7-17(8-10-20)15-22-21(24)19-11-13-23(14-12-19)16-18-5-3-2-4-6-18/h2-11H,12-16H2,1H3,(H,22,24). The zero-order valence-corrected chi connectivity index (χ0v) is 15.4. The van der Waals surface area contributed by atoms with Gasteiger partial charge in [-0.05, 0) is 35.9 Å². The van der Waals surface area contributed by atoms with Gasteiger partial charge in [0.05, 0.1) is 0 Å². The molecule has 0 aromatic heterocycles. The van der Waals surface area contributed by atoms with Crippen LogP contribution < -0.4 is 5.32 Å². The van der Waals surface area contributed by atoms with Crippen LogP contribution in [0.5, 0.6) is 0 Å². The highest BCUT2D eigenvalue weighted by molar-refractivity contribution is 7.98. The molecule has 0 saturated carbocycles. The molecule has 3 rings (SSSR count). The first-order valence-electron chi connectivity index (χ1n) is 8.61. The van der Waals surface area contributed by atoms with Crippen molar-refractivity contribution in [1.29, 1.82) is 0 Å². The topological polar surface area (TPSA) is 32.3 Å². The number of nitrogens with one attached hydrogen (secondary N) is 1. The molecule has 1 amide bonds. The first-order valence-corrected chi connectivity index (χ1v) is 9.83. The lowest BCUT2D eigenvalue weighted by Crippen LogP contribution is -2.33. The highest BCUT2D eigenvalue weighted by atomic mass is 32.2. The van der Waals surface area contributed by atoms with Gasteiger partial charge in [0.2, 0.25) is 5.91 Å². The molecule has 1 heterocycles. The molecule has 0 fully saturated rings. The number of amides is 1. The third-order valence-electron chi connectivity index (χ3n) is 4.45. The lowest BCUT2D eigenvalue weighted by Gasteiger charge is -2.26. The minimum atomic E-state index is 0.0632. The Kier molecular flexibility index (Phi) is 6.31. The van der Waals surface area contributed by atoms with E-state index >= 15 is 0 Å². The first-order chi connectivity index (χ1) is 12.2. The second kappa shape index (κ2) is 8.88. The lowest BCUT2D eigenvalue weighted by molar-refractivity contribution is -0.117. The predicted molar refractivity (Wildman–Crippen MR) is 104 cm³/mol. The molecule has 2 aromatic carbocycles. The summed E-state index contributed by atoms with van der Waals surface area (Å²) >= 11 is 1.72. The molecular formula is C21H24N2OS. The van der Waals surface area contributed by atoms with Crippen molar-refractivity contribution in [2.75, 3.05) is 19.3 Å². The van der Waals surface area contributed by atoms with Crippen molar-refractivity contribution in [2.24, 2.45) is 0 Å². The maximum absolute atomic E-state index is 12.4. The molecule has 0 bridgehead atoms. The highest BCUT2D eigenvalue weighted by Gasteiger charge is 2.16. The summed E-state index contributed by atoms with van der Waals surface area (Å²) in [5.41, 5.74) is 3.36. The van der Waals surface area contributed by atoms with Crippen LogP contribution in [-0.4, -0.2) is 30.2 Å². The number of carbonyl (C=O) groups is 1. The summed E-state index contributed by atoms with van der Waals surface area (Å²) in [5, 5.41) is 3.04. The van der Waals surface area contributed by atoms with Crippen LogP contribution in [-0.2, 0) is 17.9 Å². The largest absolute Gasteiger partial charge is 0.348 e. The quantitative estimate of drug-likeness (QED) is 0.801. The van der Waals surface area contributed by atoms with Gasteiger partial charge in [0.15, 0.2) is 0 Å². The predicted octanol–water partition coefficient (Wildman–Crippen LogP) is 3.86. The number of benzene rings is 2. The molecule has 0 spiro atoms. The Balaban J connectivity index is 1.48. The van der Waals surface area contributed by atoms with Crippen molar-refractivity contribution in [3.05, 3.63) is 77.4 Å². The van der Waals surface area contributed by atoms with Gasteiger partial charge >= 0.3 is 0 Å². The Bertz CT molecular complexity index is 725. The average molecular weight is 353 g/mol. The Morgan fingerprint density at radius 2 is 1.84 bits per heavy atom. The van der Waals surface area contributed by atoms with E-state index in [-0.39, 0.29) is 5.91 Å². The van der Waals surface area contributed by atoms with Crippen LogP contribution in [0.1, 0.15) is 17.5 Å². The Morgan fingerprint density at radius 1 is 1.08 bits per heavy atom. The summed E-state index contributed by atoms with van der Waals surface area (Å²) in [6, 6.07) is 18.8. The Labute approximate surface area is 154 Å². The van der Waals surface area contributed by atoms with E-state index < -0.39 is 0 Å². The molecule has 0 aliphatic carbocycles. The van der Waals surface area contributed by atoms with Gasteiger partial charge in [0.25, 0.3) is 0 Å². The van der Waals surface area contributed by atoms with E-state index in [0.717, 1.165) is 37.2 Å². The van der Waals surface area contributed by atoms with Crippen molar-refractivity contribution in [3.63, 3.8) is 0 Å². The van der Waals surface area contributed by atoms with Crippen LogP contribution in [0.3, 0.4) is 0 Å². The fourth-order valence-corrected chi connectivity index (χ4v) is 3.35. The average Bonchev–Trinajstić information content (AvgIpc) is 2.68. The van der Waals surface area contributed by atoms with Crippen molar-refractivity contribution >= 4 is 17.7 Å². The number of rotatable bonds is 6. The van der Waals surface area contributed by atoms with Gasteiger partial charge in [-0.25, -0.2) is 0 Å². The van der Waals surface area contributed by atoms with Gasteiger partial charge in [0, 0.05) is 36.6 Å². The summed E-state index contributed by atoms with van der Waals surface area (Å²) in [6.45, 7) is 3.28. The molecular weight excluding hydrogens is 328 g/mol. The first kappa shape index (κ1) is 17.8. The van der Waals surface area contributed by atoms with Crippen LogP contribution in [0, 0.1) is 0 Å². The van der Waals surface area contributed by atoms with Gasteiger partial charge in [-0.1, -0.05) is 48.5 Å². The van der Waals surface area contributed by atoms with Gasteiger partial charge in [-0.3, -0.25) is 9.69 Å². The number of hydrogen-bond acceptors (Lipinski definition) is 3. The van der Waals surface area contributed by atoms with Crippen LogP contribution >= 0.6 is 11.8 Å². The molecule has 0 saturated heterocycles. The molecule has 4 heteroatoms. The molecule has 3 nitrogen and oxygen atoms in total. The van der Waals surface area contributed by atoms with E-state index in [4.69, 9.17) is 0 Å². The summed E-state index contributed by atoms with van der Waals surface area (Å²) in [6.07, 6.45) is 4.94. The molecule has 1 N–H and O–H groups in total. The SMILES string of the molecule is CSc1ccc(CNC(=O)C2=CCN(Cc3ccccc3)CC2)cc1. The smallest absolute Gasteiger partial charge is 0.247 e. The zero-order valence-electron chi connectivity index (χ0n) is 14.6. The highest BCUT2D eigenvalue weighted by Crippen LogP contribution is 2.16. The number of carbonyl (C=O) groups excluding carboxylic acids is 1. The van der Waals surface area contributed by atoms with Gasteiger partial charge < -0.3 is 5.32 Å². The monoisotopic (exact) mass is 352 g/mol. The Hall–Kier alpha value is -2.04. The van der Waals surface area contributed by atoms with Crippen molar-refractivity contribution in [3.8, 4) is 0 Å². The van der Waals surface area contributed by atoms with E-state index in [9.17, 15) is 4.79 Å². The lowest BCUT2D eigenvalue weighted by atomic mass is 10.1. The second-order valence-electron chi connectivity index (χ2n) is 6.23. The van der Waals surface area contributed by atoms with E-state index in [2.05, 4.69) is 71.1 Å². The molecule has 2 aromatic rings. The minimum Gasteiger partial charge on any atom is -0.348 e. The molecule has 1 aliphatic rings. The van der Waals surface area contributed by atoms with E-state index in [1.54, 1.807) is 11.8 Å². The second-order valence-corrected chi connectivity index (χ2v) is 7.11. The van der Waals surface area contributed by atoms with Crippen LogP contribution in [0.4, 0.5) is 0 Å². The van der Waals surface area contributed by atoms with Gasteiger partial charge in [-0.2, -0.15) is 0 Å². The molecule has 0 atom stereocenters. The van der Waals surface area contributed by atoms with Crippen LogP contribution in [0.25, 0.3) is 0 Å². The van der Waals surface area contributed by atoms with Gasteiger partial charge in [0.1, 0.15) is 0 Å². The van der Waals surface area contributed by atoms with Crippen molar-refractivity contribution in [2.45, 2.75) is 24.4 Å². The maximum Gasteiger partial charge on any atom is 0.247 e. The number of nitrogens with zero attached hydrogens (tertiary/aromatic N) is 1. The summed E-state index contributed by atoms with van der Waals surface area (Å²) in [4.78, 5) is 16.0. The summed E-state index contributed by atoms with van der Waals surface area (Å²) in [7, 11) is 0. The zero-order chi connectivity index (χ0) is 17.5. The van der Waals surface area contributed by atoms with Gasteiger partial charge in [-0.15, -0.1) is 11.8 Å². The molecule has 130 valence electrons. The van der Waals surface area contributed by atoms with E-state index in [1.807, 2.05) is 6.07 Å². The molecule has 0 radical (unpaired) electrons. The third kappa shape index (κ3) is 5.21. The van der Waals surface area contributed by atoms with E-state index in [1.165, 1.54) is 10.5 Å². The van der Waals surface area contributed by atoms with E-state index in [0.29, 0.717) is 6.54 Å². The Morgan fingerprint density at radius 3 is 2.48 bits per heavy atom.